The first kappa shape index (κ1) is 12.6. The second-order valence-electron chi connectivity index (χ2n) is 5.95. The highest BCUT2D eigenvalue weighted by molar-refractivity contribution is 8.00. The Kier molecular flexibility index (Phi) is 3.44. The summed E-state index contributed by atoms with van der Waals surface area (Å²) in [4.78, 5) is 0. The van der Waals surface area contributed by atoms with Crippen LogP contribution in [0.3, 0.4) is 0 Å². The molecule has 1 spiro atoms. The molecule has 4 atom stereocenters. The zero-order chi connectivity index (χ0) is 11.9. The van der Waals surface area contributed by atoms with Crippen LogP contribution in [-0.2, 0) is 4.74 Å². The molecule has 2 nitrogen and oxygen atoms in total. The summed E-state index contributed by atoms with van der Waals surface area (Å²) in [6.45, 7) is 3.09. The van der Waals surface area contributed by atoms with Crippen molar-refractivity contribution in [1.29, 1.82) is 0 Å². The third kappa shape index (κ3) is 2.38. The predicted molar refractivity (Wildman–Crippen MR) is 74.8 cm³/mol. The van der Waals surface area contributed by atoms with Gasteiger partial charge in [-0.2, -0.15) is 23.5 Å². The van der Waals surface area contributed by atoms with Gasteiger partial charge in [-0.05, 0) is 37.4 Å². The molecule has 0 aromatic rings. The fourth-order valence-corrected chi connectivity index (χ4v) is 6.25. The van der Waals surface area contributed by atoms with Crippen LogP contribution in [0.2, 0.25) is 0 Å². The molecule has 3 aliphatic rings. The normalized spacial score (nSPS) is 51.2. The van der Waals surface area contributed by atoms with Crippen molar-refractivity contribution in [3.05, 3.63) is 0 Å². The molecular weight excluding hydrogens is 252 g/mol. The molecule has 3 saturated heterocycles. The van der Waals surface area contributed by atoms with Gasteiger partial charge in [0.15, 0.2) is 0 Å². The largest absolute Gasteiger partial charge is 0.389 e. The van der Waals surface area contributed by atoms with Gasteiger partial charge in [0.1, 0.15) is 0 Å². The molecule has 4 unspecified atom stereocenters. The van der Waals surface area contributed by atoms with E-state index in [4.69, 9.17) is 4.74 Å². The number of hydrogen-bond acceptors (Lipinski definition) is 4. The summed E-state index contributed by atoms with van der Waals surface area (Å²) in [5.41, 5.74) is -0.298. The minimum absolute atomic E-state index is 0.111. The molecule has 0 aliphatic carbocycles. The van der Waals surface area contributed by atoms with Crippen molar-refractivity contribution in [2.75, 3.05) is 23.9 Å². The number of aliphatic hydroxyl groups is 1. The Hall–Kier alpha value is 0.620. The molecule has 0 aromatic heterocycles. The van der Waals surface area contributed by atoms with Crippen molar-refractivity contribution >= 4 is 23.5 Å². The van der Waals surface area contributed by atoms with Gasteiger partial charge in [-0.25, -0.2) is 0 Å². The summed E-state index contributed by atoms with van der Waals surface area (Å²) < 4.78 is 6.05. The lowest BCUT2D eigenvalue weighted by Gasteiger charge is -2.43. The van der Waals surface area contributed by atoms with Gasteiger partial charge in [0.2, 0.25) is 0 Å². The van der Waals surface area contributed by atoms with Crippen LogP contribution in [0.5, 0.6) is 0 Å². The van der Waals surface area contributed by atoms with Gasteiger partial charge < -0.3 is 9.84 Å². The molecule has 0 saturated carbocycles. The van der Waals surface area contributed by atoms with Crippen LogP contribution < -0.4 is 0 Å². The quantitative estimate of drug-likeness (QED) is 0.796. The van der Waals surface area contributed by atoms with Crippen molar-refractivity contribution in [3.63, 3.8) is 0 Å². The summed E-state index contributed by atoms with van der Waals surface area (Å²) >= 11 is 3.94. The Morgan fingerprint density at radius 3 is 2.82 bits per heavy atom. The average Bonchev–Trinajstić information content (AvgIpc) is 2.88. The van der Waals surface area contributed by atoms with E-state index < -0.39 is 5.60 Å². The zero-order valence-corrected chi connectivity index (χ0v) is 12.1. The van der Waals surface area contributed by atoms with E-state index in [0.717, 1.165) is 37.4 Å². The van der Waals surface area contributed by atoms with E-state index in [1.54, 1.807) is 0 Å². The van der Waals surface area contributed by atoms with Crippen LogP contribution in [-0.4, -0.2) is 45.4 Å². The molecule has 0 aromatic carbocycles. The molecule has 3 heterocycles. The van der Waals surface area contributed by atoms with Crippen LogP contribution in [0.25, 0.3) is 0 Å². The second kappa shape index (κ2) is 4.62. The molecule has 0 bridgehead atoms. The summed E-state index contributed by atoms with van der Waals surface area (Å²) in [5.74, 6) is 3.77. The van der Waals surface area contributed by atoms with Gasteiger partial charge in [-0.1, -0.05) is 6.92 Å². The Morgan fingerprint density at radius 1 is 1.29 bits per heavy atom. The van der Waals surface area contributed by atoms with Crippen LogP contribution in [0.15, 0.2) is 0 Å². The lowest BCUT2D eigenvalue weighted by atomic mass is 9.74. The summed E-state index contributed by atoms with van der Waals surface area (Å²) in [5, 5.41) is 11.5. The van der Waals surface area contributed by atoms with Gasteiger partial charge in [-0.3, -0.25) is 0 Å². The third-order valence-electron chi connectivity index (χ3n) is 4.58. The standard InChI is InChI=1S/C13H22O2S2/c1-10-6-13(14,9-17-10)11-2-4-15-12(7-11)3-5-16-8-12/h10-11,14H,2-9H2,1H3. The van der Waals surface area contributed by atoms with E-state index in [1.807, 2.05) is 23.5 Å². The van der Waals surface area contributed by atoms with Gasteiger partial charge in [0.05, 0.1) is 11.2 Å². The second-order valence-corrected chi connectivity index (χ2v) is 8.49. The summed E-state index contributed by atoms with van der Waals surface area (Å²) in [6, 6.07) is 0. The van der Waals surface area contributed by atoms with Gasteiger partial charge >= 0.3 is 0 Å². The first-order chi connectivity index (χ1) is 8.12. The Balaban J connectivity index is 1.71. The molecular formula is C13H22O2S2. The van der Waals surface area contributed by atoms with E-state index in [0.29, 0.717) is 11.2 Å². The number of rotatable bonds is 1. The number of hydrogen-bond donors (Lipinski definition) is 1. The molecule has 17 heavy (non-hydrogen) atoms. The maximum absolute atomic E-state index is 10.8. The fraction of sp³-hybridized carbons (Fsp3) is 1.00. The van der Waals surface area contributed by atoms with Crippen LogP contribution in [0, 0.1) is 5.92 Å². The minimum atomic E-state index is -0.409. The molecule has 0 amide bonds. The van der Waals surface area contributed by atoms with Crippen LogP contribution in [0.1, 0.15) is 32.6 Å². The third-order valence-corrected chi connectivity index (χ3v) is 7.20. The van der Waals surface area contributed by atoms with Gasteiger partial charge in [0.25, 0.3) is 0 Å². The SMILES string of the molecule is CC1CC(O)(C2CCOC3(CCSC3)C2)CS1. The predicted octanol–water partition coefficient (Wildman–Crippen LogP) is 2.55. The molecule has 1 N–H and O–H groups in total. The molecule has 3 rings (SSSR count). The summed E-state index contributed by atoms with van der Waals surface area (Å²) in [6.07, 6.45) is 4.30. The van der Waals surface area contributed by atoms with Crippen molar-refractivity contribution in [3.8, 4) is 0 Å². The first-order valence-electron chi connectivity index (χ1n) is 6.68. The maximum atomic E-state index is 10.8. The first-order valence-corrected chi connectivity index (χ1v) is 8.88. The zero-order valence-electron chi connectivity index (χ0n) is 10.5. The number of thioether (sulfide) groups is 2. The van der Waals surface area contributed by atoms with E-state index in [-0.39, 0.29) is 5.60 Å². The molecule has 3 fully saturated rings. The lowest BCUT2D eigenvalue weighted by Crippen LogP contribution is -2.49. The smallest absolute Gasteiger partial charge is 0.0784 e. The van der Waals surface area contributed by atoms with Crippen molar-refractivity contribution in [2.24, 2.45) is 5.92 Å². The Labute approximate surface area is 112 Å². The maximum Gasteiger partial charge on any atom is 0.0784 e. The fourth-order valence-electron chi connectivity index (χ4n) is 3.54. The van der Waals surface area contributed by atoms with Crippen molar-refractivity contribution in [2.45, 2.75) is 49.1 Å². The Morgan fingerprint density at radius 2 is 2.18 bits per heavy atom. The molecule has 3 aliphatic heterocycles. The topological polar surface area (TPSA) is 29.5 Å². The highest BCUT2D eigenvalue weighted by Gasteiger charge is 2.49. The van der Waals surface area contributed by atoms with Crippen molar-refractivity contribution in [1.82, 2.24) is 0 Å². The molecule has 98 valence electrons. The minimum Gasteiger partial charge on any atom is -0.389 e. The van der Waals surface area contributed by atoms with E-state index >= 15 is 0 Å². The van der Waals surface area contributed by atoms with E-state index in [2.05, 4.69) is 6.92 Å². The lowest BCUT2D eigenvalue weighted by molar-refractivity contribution is -0.125. The van der Waals surface area contributed by atoms with Crippen molar-refractivity contribution < 1.29 is 9.84 Å². The van der Waals surface area contributed by atoms with Crippen LogP contribution in [0.4, 0.5) is 0 Å². The average molecular weight is 274 g/mol. The monoisotopic (exact) mass is 274 g/mol. The highest BCUT2D eigenvalue weighted by Crippen LogP contribution is 2.48. The molecule has 4 heteroatoms. The molecule has 0 radical (unpaired) electrons. The summed E-state index contributed by atoms with van der Waals surface area (Å²) in [7, 11) is 0. The van der Waals surface area contributed by atoms with Gasteiger partial charge in [-0.15, -0.1) is 0 Å². The van der Waals surface area contributed by atoms with E-state index in [1.165, 1.54) is 12.2 Å². The number of ether oxygens (including phenoxy) is 1. The van der Waals surface area contributed by atoms with Gasteiger partial charge in [0, 0.05) is 23.4 Å². The van der Waals surface area contributed by atoms with E-state index in [9.17, 15) is 5.11 Å². The van der Waals surface area contributed by atoms with Crippen LogP contribution >= 0.6 is 23.5 Å². The Bertz CT molecular complexity index is 291. The highest BCUT2D eigenvalue weighted by atomic mass is 32.2.